The fourth-order valence-corrected chi connectivity index (χ4v) is 2.71. The van der Waals surface area contributed by atoms with Crippen molar-refractivity contribution in [3.8, 4) is 0 Å². The summed E-state index contributed by atoms with van der Waals surface area (Å²) in [7, 11) is 2.05. The average molecular weight is 313 g/mol. The summed E-state index contributed by atoms with van der Waals surface area (Å²) >= 11 is 3.31. The van der Waals surface area contributed by atoms with Gasteiger partial charge in [0.2, 0.25) is 0 Å². The first-order valence-corrected chi connectivity index (χ1v) is 7.28. The molecule has 0 unspecified atom stereocenters. The number of hydrogen-bond donors (Lipinski definition) is 0. The van der Waals surface area contributed by atoms with E-state index in [2.05, 4.69) is 27.9 Å². The zero-order chi connectivity index (χ0) is 13.1. The summed E-state index contributed by atoms with van der Waals surface area (Å²) in [5.41, 5.74) is 1.98. The first kappa shape index (κ1) is 13.3. The van der Waals surface area contributed by atoms with Crippen LogP contribution in [0.3, 0.4) is 0 Å². The molecule has 1 aliphatic carbocycles. The maximum atomic E-state index is 10.9. The Morgan fingerprint density at radius 1 is 1.50 bits per heavy atom. The number of anilines is 1. The molecule has 2 rings (SSSR count). The third-order valence-electron chi connectivity index (χ3n) is 3.60. The van der Waals surface area contributed by atoms with Crippen LogP contribution in [-0.2, 0) is 5.33 Å². The highest BCUT2D eigenvalue weighted by molar-refractivity contribution is 9.08. The largest absolute Gasteiger partial charge is 0.374 e. The summed E-state index contributed by atoms with van der Waals surface area (Å²) in [5, 5.41) is 11.4. The second-order valence-electron chi connectivity index (χ2n) is 4.88. The molecule has 0 radical (unpaired) electrons. The van der Waals surface area contributed by atoms with Crippen molar-refractivity contribution in [1.29, 1.82) is 0 Å². The van der Waals surface area contributed by atoms with Crippen LogP contribution in [0.25, 0.3) is 0 Å². The van der Waals surface area contributed by atoms with Gasteiger partial charge in [0.05, 0.1) is 4.92 Å². The zero-order valence-corrected chi connectivity index (χ0v) is 12.0. The van der Waals surface area contributed by atoms with Gasteiger partial charge in [0.25, 0.3) is 5.69 Å². The third-order valence-corrected chi connectivity index (χ3v) is 4.21. The van der Waals surface area contributed by atoms with E-state index in [0.29, 0.717) is 5.33 Å². The van der Waals surface area contributed by atoms with E-state index in [9.17, 15) is 10.1 Å². The smallest absolute Gasteiger partial charge is 0.273 e. The standard InChI is InChI=1S/C13H17BrN2O2/c1-15(9-10-3-2-4-10)12-5-6-13(16(17)18)11(7-12)8-14/h5-7,10H,2-4,8-9H2,1H3. The molecule has 0 aliphatic heterocycles. The molecule has 1 aliphatic rings. The molecule has 0 aromatic heterocycles. The lowest BCUT2D eigenvalue weighted by Crippen LogP contribution is -2.29. The molecule has 0 saturated heterocycles. The molecule has 98 valence electrons. The lowest BCUT2D eigenvalue weighted by Gasteiger charge is -2.31. The predicted molar refractivity (Wildman–Crippen MR) is 76.3 cm³/mol. The molecule has 1 saturated carbocycles. The van der Waals surface area contributed by atoms with E-state index in [-0.39, 0.29) is 10.6 Å². The normalized spacial score (nSPS) is 15.2. The van der Waals surface area contributed by atoms with Gasteiger partial charge in [-0.3, -0.25) is 10.1 Å². The van der Waals surface area contributed by atoms with E-state index in [1.807, 2.05) is 12.1 Å². The van der Waals surface area contributed by atoms with Crippen LogP contribution in [0.15, 0.2) is 18.2 Å². The molecular weight excluding hydrogens is 296 g/mol. The predicted octanol–water partition coefficient (Wildman–Crippen LogP) is 3.73. The molecule has 18 heavy (non-hydrogen) atoms. The Bertz CT molecular complexity index is 447. The Morgan fingerprint density at radius 2 is 2.22 bits per heavy atom. The highest BCUT2D eigenvalue weighted by Gasteiger charge is 2.20. The van der Waals surface area contributed by atoms with Crippen molar-refractivity contribution in [1.82, 2.24) is 0 Å². The molecule has 4 nitrogen and oxygen atoms in total. The number of alkyl halides is 1. The fourth-order valence-electron chi connectivity index (χ4n) is 2.26. The Morgan fingerprint density at radius 3 is 2.72 bits per heavy atom. The van der Waals surface area contributed by atoms with Crippen molar-refractivity contribution in [3.05, 3.63) is 33.9 Å². The third kappa shape index (κ3) is 2.83. The number of benzene rings is 1. The van der Waals surface area contributed by atoms with E-state index in [1.165, 1.54) is 19.3 Å². The number of nitrogens with zero attached hydrogens (tertiary/aromatic N) is 2. The lowest BCUT2D eigenvalue weighted by atomic mass is 9.85. The van der Waals surface area contributed by atoms with E-state index in [4.69, 9.17) is 0 Å². The molecular formula is C13H17BrN2O2. The fraction of sp³-hybridized carbons (Fsp3) is 0.538. The second kappa shape index (κ2) is 5.69. The number of hydrogen-bond acceptors (Lipinski definition) is 3. The summed E-state index contributed by atoms with van der Waals surface area (Å²) in [6.07, 6.45) is 3.96. The van der Waals surface area contributed by atoms with Gasteiger partial charge in [0.15, 0.2) is 0 Å². The Kier molecular flexibility index (Phi) is 4.22. The van der Waals surface area contributed by atoms with Crippen molar-refractivity contribution in [2.45, 2.75) is 24.6 Å². The molecule has 0 heterocycles. The van der Waals surface area contributed by atoms with Crippen molar-refractivity contribution in [3.63, 3.8) is 0 Å². The highest BCUT2D eigenvalue weighted by Crippen LogP contribution is 2.30. The second-order valence-corrected chi connectivity index (χ2v) is 5.44. The van der Waals surface area contributed by atoms with Gasteiger partial charge in [-0.25, -0.2) is 0 Å². The van der Waals surface area contributed by atoms with Crippen molar-refractivity contribution >= 4 is 27.3 Å². The summed E-state index contributed by atoms with van der Waals surface area (Å²) < 4.78 is 0. The first-order chi connectivity index (χ1) is 8.61. The van der Waals surface area contributed by atoms with Crippen LogP contribution < -0.4 is 4.90 Å². The highest BCUT2D eigenvalue weighted by atomic mass is 79.9. The quantitative estimate of drug-likeness (QED) is 0.473. The minimum Gasteiger partial charge on any atom is -0.374 e. The minimum absolute atomic E-state index is 0.188. The summed E-state index contributed by atoms with van der Waals surface area (Å²) in [5.74, 6) is 0.789. The number of halogens is 1. The van der Waals surface area contributed by atoms with Crippen LogP contribution >= 0.6 is 15.9 Å². The van der Waals surface area contributed by atoms with Gasteiger partial charge in [-0.1, -0.05) is 22.4 Å². The minimum atomic E-state index is -0.327. The molecule has 0 atom stereocenters. The van der Waals surface area contributed by atoms with Crippen LogP contribution in [-0.4, -0.2) is 18.5 Å². The zero-order valence-electron chi connectivity index (χ0n) is 10.4. The molecule has 0 spiro atoms. The Hall–Kier alpha value is -1.10. The molecule has 1 aromatic carbocycles. The maximum Gasteiger partial charge on any atom is 0.273 e. The van der Waals surface area contributed by atoms with Crippen molar-refractivity contribution < 1.29 is 4.92 Å². The van der Waals surface area contributed by atoms with Crippen molar-refractivity contribution in [2.75, 3.05) is 18.5 Å². The number of nitro benzene ring substituents is 1. The van der Waals surface area contributed by atoms with Crippen LogP contribution in [0.1, 0.15) is 24.8 Å². The molecule has 1 aromatic rings. The van der Waals surface area contributed by atoms with Crippen molar-refractivity contribution in [2.24, 2.45) is 5.92 Å². The SMILES string of the molecule is CN(CC1CCC1)c1ccc([N+](=O)[O-])c(CBr)c1. The number of nitro groups is 1. The molecule has 0 N–H and O–H groups in total. The van der Waals surface area contributed by atoms with E-state index >= 15 is 0 Å². The summed E-state index contributed by atoms with van der Waals surface area (Å²) in [6, 6.07) is 5.34. The van der Waals surface area contributed by atoms with Gasteiger partial charge < -0.3 is 4.90 Å². The monoisotopic (exact) mass is 312 g/mol. The van der Waals surface area contributed by atoms with Gasteiger partial charge in [-0.2, -0.15) is 0 Å². The van der Waals surface area contributed by atoms with Crippen LogP contribution in [0.2, 0.25) is 0 Å². The molecule has 1 fully saturated rings. The van der Waals surface area contributed by atoms with Crippen LogP contribution in [0.5, 0.6) is 0 Å². The number of rotatable bonds is 5. The first-order valence-electron chi connectivity index (χ1n) is 6.16. The Balaban J connectivity index is 2.15. The lowest BCUT2D eigenvalue weighted by molar-refractivity contribution is -0.385. The van der Waals surface area contributed by atoms with Gasteiger partial charge in [0, 0.05) is 36.2 Å². The maximum absolute atomic E-state index is 10.9. The molecule has 0 bridgehead atoms. The van der Waals surface area contributed by atoms with Gasteiger partial charge >= 0.3 is 0 Å². The van der Waals surface area contributed by atoms with Gasteiger partial charge in [-0.15, -0.1) is 0 Å². The van der Waals surface area contributed by atoms with E-state index < -0.39 is 0 Å². The topological polar surface area (TPSA) is 46.4 Å². The van der Waals surface area contributed by atoms with E-state index in [1.54, 1.807) is 6.07 Å². The van der Waals surface area contributed by atoms with Gasteiger partial charge in [0.1, 0.15) is 0 Å². The summed E-state index contributed by atoms with van der Waals surface area (Å²) in [6.45, 7) is 1.04. The van der Waals surface area contributed by atoms with E-state index in [0.717, 1.165) is 23.7 Å². The Labute approximate surface area is 115 Å². The molecule has 0 amide bonds. The summed E-state index contributed by atoms with van der Waals surface area (Å²) in [4.78, 5) is 12.7. The van der Waals surface area contributed by atoms with Crippen LogP contribution in [0, 0.1) is 16.0 Å². The van der Waals surface area contributed by atoms with Gasteiger partial charge in [-0.05, 0) is 30.9 Å². The average Bonchev–Trinajstić information content (AvgIpc) is 2.32. The molecule has 5 heteroatoms. The van der Waals surface area contributed by atoms with Crippen LogP contribution in [0.4, 0.5) is 11.4 Å².